The molecule has 0 bridgehead atoms. The van der Waals surface area contributed by atoms with Crippen LogP contribution in [0.5, 0.6) is 5.88 Å². The van der Waals surface area contributed by atoms with E-state index in [1.54, 1.807) is 0 Å². The standard InChI is InChI=1S/C8H8N2O/c1-3-6-5-9-7(4-2)10-8(6)11/h1,5H,4H2,2H3,(H,9,10,11). The van der Waals surface area contributed by atoms with Gasteiger partial charge in [0.05, 0.1) is 6.20 Å². The molecular weight excluding hydrogens is 140 g/mol. The molecule has 11 heavy (non-hydrogen) atoms. The Morgan fingerprint density at radius 2 is 2.45 bits per heavy atom. The summed E-state index contributed by atoms with van der Waals surface area (Å²) in [6.45, 7) is 1.91. The summed E-state index contributed by atoms with van der Waals surface area (Å²) in [6.07, 6.45) is 7.19. The molecule has 3 nitrogen and oxygen atoms in total. The van der Waals surface area contributed by atoms with Gasteiger partial charge in [0.25, 0.3) is 0 Å². The first-order valence-corrected chi connectivity index (χ1v) is 3.29. The molecule has 0 unspecified atom stereocenters. The van der Waals surface area contributed by atoms with Crippen LogP contribution in [-0.4, -0.2) is 15.1 Å². The average molecular weight is 148 g/mol. The van der Waals surface area contributed by atoms with E-state index in [9.17, 15) is 0 Å². The van der Waals surface area contributed by atoms with Crippen LogP contribution in [0.15, 0.2) is 6.20 Å². The molecule has 0 saturated heterocycles. The zero-order chi connectivity index (χ0) is 8.27. The number of aromatic nitrogens is 2. The van der Waals surface area contributed by atoms with E-state index in [0.717, 1.165) is 0 Å². The summed E-state index contributed by atoms with van der Waals surface area (Å²) in [5.74, 6) is 2.76. The second-order valence-electron chi connectivity index (χ2n) is 2.02. The number of hydrogen-bond acceptors (Lipinski definition) is 3. The SMILES string of the molecule is C#Cc1cnc(CC)nc1O. The fourth-order valence-corrected chi connectivity index (χ4v) is 0.680. The first-order valence-electron chi connectivity index (χ1n) is 3.29. The van der Waals surface area contributed by atoms with Crippen LogP contribution in [0, 0.1) is 12.3 Å². The second-order valence-corrected chi connectivity index (χ2v) is 2.02. The quantitative estimate of drug-likeness (QED) is 0.597. The van der Waals surface area contributed by atoms with Crippen molar-refractivity contribution in [3.05, 3.63) is 17.6 Å². The minimum atomic E-state index is -0.112. The van der Waals surface area contributed by atoms with Crippen LogP contribution in [0.3, 0.4) is 0 Å². The van der Waals surface area contributed by atoms with Crippen LogP contribution in [0.1, 0.15) is 18.3 Å². The van der Waals surface area contributed by atoms with Gasteiger partial charge >= 0.3 is 0 Å². The molecular formula is C8H8N2O. The molecule has 56 valence electrons. The van der Waals surface area contributed by atoms with E-state index < -0.39 is 0 Å². The second kappa shape index (κ2) is 3.02. The maximum atomic E-state index is 9.13. The van der Waals surface area contributed by atoms with E-state index in [-0.39, 0.29) is 5.88 Å². The van der Waals surface area contributed by atoms with Crippen molar-refractivity contribution in [3.63, 3.8) is 0 Å². The summed E-state index contributed by atoms with van der Waals surface area (Å²) < 4.78 is 0. The molecule has 0 fully saturated rings. The summed E-state index contributed by atoms with van der Waals surface area (Å²) in [6, 6.07) is 0. The Balaban J connectivity index is 3.12. The van der Waals surface area contributed by atoms with Gasteiger partial charge in [-0.25, -0.2) is 4.98 Å². The van der Waals surface area contributed by atoms with Crippen LogP contribution in [0.25, 0.3) is 0 Å². The Morgan fingerprint density at radius 3 is 2.91 bits per heavy atom. The molecule has 0 atom stereocenters. The summed E-state index contributed by atoms with van der Waals surface area (Å²) in [7, 11) is 0. The molecule has 1 N–H and O–H groups in total. The first kappa shape index (κ1) is 7.55. The van der Waals surface area contributed by atoms with Crippen molar-refractivity contribution >= 4 is 0 Å². The van der Waals surface area contributed by atoms with Gasteiger partial charge in [0, 0.05) is 6.42 Å². The average Bonchev–Trinajstić information content (AvgIpc) is 2.04. The smallest absolute Gasteiger partial charge is 0.230 e. The van der Waals surface area contributed by atoms with E-state index in [2.05, 4.69) is 15.9 Å². The van der Waals surface area contributed by atoms with Gasteiger partial charge in [-0.1, -0.05) is 12.8 Å². The van der Waals surface area contributed by atoms with Crippen molar-refractivity contribution in [2.75, 3.05) is 0 Å². The zero-order valence-corrected chi connectivity index (χ0v) is 6.20. The third-order valence-corrected chi connectivity index (χ3v) is 1.29. The highest BCUT2D eigenvalue weighted by Crippen LogP contribution is 2.10. The van der Waals surface area contributed by atoms with Gasteiger partial charge in [0.1, 0.15) is 11.4 Å². The summed E-state index contributed by atoms with van der Waals surface area (Å²) in [5, 5.41) is 9.13. The van der Waals surface area contributed by atoms with E-state index in [0.29, 0.717) is 17.8 Å². The van der Waals surface area contributed by atoms with E-state index >= 15 is 0 Å². The molecule has 1 rings (SSSR count). The Kier molecular flexibility index (Phi) is 2.07. The molecule has 1 aromatic heterocycles. The van der Waals surface area contributed by atoms with Crippen molar-refractivity contribution in [2.45, 2.75) is 13.3 Å². The predicted octanol–water partition coefficient (Wildman–Crippen LogP) is 0.726. The first-order chi connectivity index (χ1) is 5.27. The lowest BCUT2D eigenvalue weighted by Gasteiger charge is -1.97. The zero-order valence-electron chi connectivity index (χ0n) is 6.20. The molecule has 0 radical (unpaired) electrons. The van der Waals surface area contributed by atoms with Gasteiger partial charge < -0.3 is 5.11 Å². The molecule has 0 aliphatic rings. The number of nitrogens with zero attached hydrogens (tertiary/aromatic N) is 2. The Labute approximate surface area is 65.1 Å². The summed E-state index contributed by atoms with van der Waals surface area (Å²) >= 11 is 0. The maximum Gasteiger partial charge on any atom is 0.230 e. The fraction of sp³-hybridized carbons (Fsp3) is 0.250. The van der Waals surface area contributed by atoms with Gasteiger partial charge in [-0.3, -0.25) is 0 Å². The van der Waals surface area contributed by atoms with Crippen molar-refractivity contribution < 1.29 is 5.11 Å². The van der Waals surface area contributed by atoms with Gasteiger partial charge in [0.15, 0.2) is 0 Å². The Morgan fingerprint density at radius 1 is 1.73 bits per heavy atom. The molecule has 0 aromatic carbocycles. The lowest BCUT2D eigenvalue weighted by molar-refractivity contribution is 0.447. The number of hydrogen-bond donors (Lipinski definition) is 1. The normalized spacial score (nSPS) is 9.09. The number of aryl methyl sites for hydroxylation is 1. The summed E-state index contributed by atoms with van der Waals surface area (Å²) in [5.41, 5.74) is 0.335. The highest BCUT2D eigenvalue weighted by atomic mass is 16.3. The highest BCUT2D eigenvalue weighted by molar-refractivity contribution is 5.37. The fourth-order valence-electron chi connectivity index (χ4n) is 0.680. The minimum absolute atomic E-state index is 0.112. The third kappa shape index (κ3) is 1.47. The Bertz CT molecular complexity index is 301. The maximum absolute atomic E-state index is 9.13. The lowest BCUT2D eigenvalue weighted by atomic mass is 10.3. The van der Waals surface area contributed by atoms with Crippen LogP contribution >= 0.6 is 0 Å². The van der Waals surface area contributed by atoms with Crippen LogP contribution in [0.4, 0.5) is 0 Å². The predicted molar refractivity (Wildman–Crippen MR) is 41.0 cm³/mol. The number of rotatable bonds is 1. The largest absolute Gasteiger partial charge is 0.492 e. The van der Waals surface area contributed by atoms with Gasteiger partial charge in [-0.2, -0.15) is 4.98 Å². The highest BCUT2D eigenvalue weighted by Gasteiger charge is 2.00. The van der Waals surface area contributed by atoms with Gasteiger partial charge in [-0.05, 0) is 0 Å². The van der Waals surface area contributed by atoms with E-state index in [1.165, 1.54) is 6.20 Å². The van der Waals surface area contributed by atoms with Crippen molar-refractivity contribution in [2.24, 2.45) is 0 Å². The van der Waals surface area contributed by atoms with Crippen LogP contribution in [-0.2, 0) is 6.42 Å². The third-order valence-electron chi connectivity index (χ3n) is 1.29. The van der Waals surface area contributed by atoms with E-state index in [1.807, 2.05) is 6.92 Å². The van der Waals surface area contributed by atoms with Gasteiger partial charge in [-0.15, -0.1) is 6.42 Å². The van der Waals surface area contributed by atoms with Crippen molar-refractivity contribution in [1.29, 1.82) is 0 Å². The Hall–Kier alpha value is -1.56. The monoisotopic (exact) mass is 148 g/mol. The molecule has 0 aliphatic carbocycles. The molecule has 0 saturated carbocycles. The molecule has 1 aromatic rings. The molecule has 0 spiro atoms. The molecule has 0 amide bonds. The van der Waals surface area contributed by atoms with Crippen molar-refractivity contribution in [3.8, 4) is 18.2 Å². The van der Waals surface area contributed by atoms with Crippen LogP contribution in [0.2, 0.25) is 0 Å². The number of terminal acetylenes is 1. The molecule has 0 aliphatic heterocycles. The topological polar surface area (TPSA) is 46.0 Å². The molecule has 1 heterocycles. The van der Waals surface area contributed by atoms with Gasteiger partial charge in [0.2, 0.25) is 5.88 Å². The lowest BCUT2D eigenvalue weighted by Crippen LogP contribution is -1.93. The van der Waals surface area contributed by atoms with Crippen LogP contribution < -0.4 is 0 Å². The van der Waals surface area contributed by atoms with Crippen molar-refractivity contribution in [1.82, 2.24) is 9.97 Å². The molecule has 3 heteroatoms. The van der Waals surface area contributed by atoms with E-state index in [4.69, 9.17) is 11.5 Å². The summed E-state index contributed by atoms with van der Waals surface area (Å²) in [4.78, 5) is 7.68. The minimum Gasteiger partial charge on any atom is -0.492 e. The number of aromatic hydroxyl groups is 1.